The minimum Gasteiger partial charge on any atom is -0.337 e. The number of rotatable bonds is 2. The predicted octanol–water partition coefficient (Wildman–Crippen LogP) is 0.276. The van der Waals surface area contributed by atoms with E-state index in [0.717, 1.165) is 32.5 Å². The second-order valence-corrected chi connectivity index (χ2v) is 4.51. The zero-order valence-electron chi connectivity index (χ0n) is 10.1. The Hall–Kier alpha value is -0.610. The summed E-state index contributed by atoms with van der Waals surface area (Å²) in [7, 11) is 2.10. The normalized spacial score (nSPS) is 26.1. The van der Waals surface area contributed by atoms with Gasteiger partial charge < -0.3 is 15.5 Å². The van der Waals surface area contributed by atoms with Gasteiger partial charge in [-0.25, -0.2) is 0 Å². The molecule has 0 spiro atoms. The molecule has 0 bridgehead atoms. The van der Waals surface area contributed by atoms with Crippen molar-refractivity contribution in [1.29, 1.82) is 0 Å². The molecule has 2 atom stereocenters. The fourth-order valence-corrected chi connectivity index (χ4v) is 2.09. The molecule has 1 amide bonds. The van der Waals surface area contributed by atoms with Gasteiger partial charge in [0.15, 0.2) is 0 Å². The largest absolute Gasteiger partial charge is 0.337 e. The Morgan fingerprint density at radius 2 is 2.20 bits per heavy atom. The summed E-state index contributed by atoms with van der Waals surface area (Å²) in [4.78, 5) is 16.2. The minimum atomic E-state index is -0.323. The van der Waals surface area contributed by atoms with Gasteiger partial charge in [0, 0.05) is 19.1 Å². The lowest BCUT2D eigenvalue weighted by atomic mass is 10.1. The molecule has 4 nitrogen and oxygen atoms in total. The molecule has 2 unspecified atom stereocenters. The molecule has 1 saturated heterocycles. The van der Waals surface area contributed by atoms with E-state index in [-0.39, 0.29) is 18.0 Å². The van der Waals surface area contributed by atoms with Crippen molar-refractivity contribution in [3.63, 3.8) is 0 Å². The first-order valence-corrected chi connectivity index (χ1v) is 5.80. The molecule has 88 valence electrons. The van der Waals surface area contributed by atoms with Crippen molar-refractivity contribution in [3.8, 4) is 0 Å². The van der Waals surface area contributed by atoms with E-state index in [1.165, 1.54) is 0 Å². The number of nitrogens with two attached hydrogens (primary N) is 1. The Balaban J connectivity index is 2.63. The summed E-state index contributed by atoms with van der Waals surface area (Å²) in [5, 5.41) is 0. The van der Waals surface area contributed by atoms with E-state index in [2.05, 4.69) is 18.9 Å². The van der Waals surface area contributed by atoms with E-state index in [4.69, 9.17) is 5.73 Å². The van der Waals surface area contributed by atoms with Crippen LogP contribution in [0.25, 0.3) is 0 Å². The molecule has 0 aliphatic carbocycles. The summed E-state index contributed by atoms with van der Waals surface area (Å²) in [5.41, 5.74) is 5.79. The summed E-state index contributed by atoms with van der Waals surface area (Å²) in [6.07, 6.45) is 1.76. The highest BCUT2D eigenvalue weighted by Gasteiger charge is 2.26. The third-order valence-corrected chi connectivity index (χ3v) is 3.09. The van der Waals surface area contributed by atoms with Crippen LogP contribution in [-0.4, -0.2) is 54.5 Å². The summed E-state index contributed by atoms with van der Waals surface area (Å²) in [5.74, 6) is 0.111. The summed E-state index contributed by atoms with van der Waals surface area (Å²) in [6.45, 7) is 6.91. The number of carbonyl (C=O) groups excluding carboxylic acids is 1. The summed E-state index contributed by atoms with van der Waals surface area (Å²) in [6, 6.07) is -0.0431. The van der Waals surface area contributed by atoms with Crippen molar-refractivity contribution in [3.05, 3.63) is 0 Å². The average molecular weight is 213 g/mol. The molecule has 15 heavy (non-hydrogen) atoms. The maximum Gasteiger partial charge on any atom is 0.239 e. The average Bonchev–Trinajstić information content (AvgIpc) is 2.37. The van der Waals surface area contributed by atoms with Gasteiger partial charge in [-0.1, -0.05) is 6.92 Å². The number of hydrogen-bond acceptors (Lipinski definition) is 3. The summed E-state index contributed by atoms with van der Waals surface area (Å²) < 4.78 is 0. The Kier molecular flexibility index (Phi) is 4.54. The molecule has 1 aliphatic heterocycles. The van der Waals surface area contributed by atoms with Gasteiger partial charge in [0.1, 0.15) is 0 Å². The van der Waals surface area contributed by atoms with Crippen molar-refractivity contribution in [2.75, 3.05) is 26.7 Å². The van der Waals surface area contributed by atoms with E-state index in [1.54, 1.807) is 0 Å². The number of nitrogens with zero attached hydrogens (tertiary/aromatic N) is 2. The van der Waals surface area contributed by atoms with E-state index >= 15 is 0 Å². The third-order valence-electron chi connectivity index (χ3n) is 3.09. The fraction of sp³-hybridized carbons (Fsp3) is 0.909. The maximum atomic E-state index is 12.0. The van der Waals surface area contributed by atoms with Crippen LogP contribution in [0.1, 0.15) is 26.7 Å². The van der Waals surface area contributed by atoms with Crippen molar-refractivity contribution in [1.82, 2.24) is 9.80 Å². The van der Waals surface area contributed by atoms with Gasteiger partial charge in [-0.05, 0) is 33.4 Å². The van der Waals surface area contributed by atoms with Crippen LogP contribution in [0, 0.1) is 0 Å². The smallest absolute Gasteiger partial charge is 0.239 e. The van der Waals surface area contributed by atoms with Gasteiger partial charge in [0.05, 0.1) is 6.04 Å². The van der Waals surface area contributed by atoms with Gasteiger partial charge in [-0.3, -0.25) is 4.79 Å². The Morgan fingerprint density at radius 1 is 1.53 bits per heavy atom. The lowest BCUT2D eigenvalue weighted by Crippen LogP contribution is -2.49. The Morgan fingerprint density at radius 3 is 2.80 bits per heavy atom. The topological polar surface area (TPSA) is 49.6 Å². The van der Waals surface area contributed by atoms with E-state index in [0.29, 0.717) is 0 Å². The van der Waals surface area contributed by atoms with Crippen LogP contribution in [0.3, 0.4) is 0 Å². The standard InChI is InChI=1S/C11H23N3O/c1-4-10(12)11(15)14-7-5-6-13(3)8-9(14)2/h9-10H,4-8,12H2,1-3H3. The number of carbonyl (C=O) groups is 1. The van der Waals surface area contributed by atoms with Gasteiger partial charge in [-0.2, -0.15) is 0 Å². The van der Waals surface area contributed by atoms with Crippen LogP contribution in [-0.2, 0) is 4.79 Å². The van der Waals surface area contributed by atoms with Crippen LogP contribution in [0.4, 0.5) is 0 Å². The predicted molar refractivity (Wildman–Crippen MR) is 61.6 cm³/mol. The quantitative estimate of drug-likeness (QED) is 0.716. The van der Waals surface area contributed by atoms with Crippen LogP contribution in [0.5, 0.6) is 0 Å². The SMILES string of the molecule is CCC(N)C(=O)N1CCCN(C)CC1C. The number of amides is 1. The van der Waals surface area contributed by atoms with Crippen LogP contribution in [0.15, 0.2) is 0 Å². The van der Waals surface area contributed by atoms with E-state index in [1.807, 2.05) is 11.8 Å². The fourth-order valence-electron chi connectivity index (χ4n) is 2.09. The van der Waals surface area contributed by atoms with Gasteiger partial charge in [0.2, 0.25) is 5.91 Å². The van der Waals surface area contributed by atoms with Crippen LogP contribution in [0.2, 0.25) is 0 Å². The molecule has 1 fully saturated rings. The van der Waals surface area contributed by atoms with E-state index < -0.39 is 0 Å². The first-order chi connectivity index (χ1) is 7.06. The van der Waals surface area contributed by atoms with Gasteiger partial charge in [-0.15, -0.1) is 0 Å². The second-order valence-electron chi connectivity index (χ2n) is 4.51. The number of likely N-dealkylation sites (N-methyl/N-ethyl adjacent to an activating group) is 1. The highest BCUT2D eigenvalue weighted by molar-refractivity contribution is 5.81. The zero-order valence-corrected chi connectivity index (χ0v) is 10.1. The molecule has 1 rings (SSSR count). The lowest BCUT2D eigenvalue weighted by molar-refractivity contribution is -0.134. The van der Waals surface area contributed by atoms with Crippen molar-refractivity contribution >= 4 is 5.91 Å². The molecule has 0 aromatic heterocycles. The lowest BCUT2D eigenvalue weighted by Gasteiger charge is -2.30. The van der Waals surface area contributed by atoms with Gasteiger partial charge >= 0.3 is 0 Å². The van der Waals surface area contributed by atoms with Crippen molar-refractivity contribution in [2.45, 2.75) is 38.8 Å². The number of hydrogen-bond donors (Lipinski definition) is 1. The molecule has 0 aromatic carbocycles. The van der Waals surface area contributed by atoms with Crippen LogP contribution >= 0.6 is 0 Å². The third kappa shape index (κ3) is 3.18. The molecule has 1 aliphatic rings. The summed E-state index contributed by atoms with van der Waals surface area (Å²) >= 11 is 0. The molecule has 4 heteroatoms. The Labute approximate surface area is 92.4 Å². The highest BCUT2D eigenvalue weighted by Crippen LogP contribution is 2.10. The first kappa shape index (κ1) is 12.5. The molecular weight excluding hydrogens is 190 g/mol. The first-order valence-electron chi connectivity index (χ1n) is 5.80. The maximum absolute atomic E-state index is 12.0. The zero-order chi connectivity index (χ0) is 11.4. The van der Waals surface area contributed by atoms with Crippen molar-refractivity contribution < 1.29 is 4.79 Å². The molecular formula is C11H23N3O. The molecule has 0 radical (unpaired) electrons. The molecule has 0 aromatic rings. The van der Waals surface area contributed by atoms with Gasteiger partial charge in [0.25, 0.3) is 0 Å². The van der Waals surface area contributed by atoms with Crippen LogP contribution < -0.4 is 5.73 Å². The molecule has 0 saturated carbocycles. The van der Waals surface area contributed by atoms with E-state index in [9.17, 15) is 4.79 Å². The Bertz CT molecular complexity index is 220. The minimum absolute atomic E-state index is 0.111. The van der Waals surface area contributed by atoms with Crippen molar-refractivity contribution in [2.24, 2.45) is 5.73 Å². The monoisotopic (exact) mass is 213 g/mol. The molecule has 2 N–H and O–H groups in total. The highest BCUT2D eigenvalue weighted by atomic mass is 16.2. The molecule has 1 heterocycles. The second kappa shape index (κ2) is 5.47.